The number of carbonyl (C=O) groups excluding carboxylic acids is 2. The summed E-state index contributed by atoms with van der Waals surface area (Å²) in [7, 11) is 1.89. The van der Waals surface area contributed by atoms with Crippen LogP contribution in [0.5, 0.6) is 5.75 Å². The number of piperidine rings is 1. The van der Waals surface area contributed by atoms with Crippen molar-refractivity contribution in [3.8, 4) is 17.1 Å². The largest absolute Gasteiger partial charge is 0.491 e. The van der Waals surface area contributed by atoms with E-state index < -0.39 is 5.41 Å². The van der Waals surface area contributed by atoms with Crippen LogP contribution in [-0.4, -0.2) is 64.9 Å². The summed E-state index contributed by atoms with van der Waals surface area (Å²) in [5.41, 5.74) is 3.61. The van der Waals surface area contributed by atoms with Crippen molar-refractivity contribution in [2.24, 2.45) is 5.41 Å². The molecule has 1 spiro atoms. The monoisotopic (exact) mass is 562 g/mol. The maximum absolute atomic E-state index is 14.0. The van der Waals surface area contributed by atoms with Crippen LogP contribution < -0.4 is 4.74 Å². The van der Waals surface area contributed by atoms with E-state index in [1.807, 2.05) is 77.5 Å². The van der Waals surface area contributed by atoms with Gasteiger partial charge in [-0.25, -0.2) is 4.98 Å². The zero-order valence-corrected chi connectivity index (χ0v) is 24.3. The van der Waals surface area contributed by atoms with Gasteiger partial charge in [0.05, 0.1) is 34.4 Å². The number of rotatable bonds is 2. The molecule has 0 aliphatic carbocycles. The Morgan fingerprint density at radius 2 is 1.64 bits per heavy atom. The number of likely N-dealkylation sites (N-methyl/N-ethyl adjacent to an activating group) is 1. The molecule has 0 N–H and O–H groups in total. The topological polar surface area (TPSA) is 75.6 Å². The Labute approximate surface area is 247 Å². The van der Waals surface area contributed by atoms with E-state index in [0.29, 0.717) is 50.3 Å². The van der Waals surface area contributed by atoms with Crippen LogP contribution in [0.4, 0.5) is 0 Å². The van der Waals surface area contributed by atoms with Crippen molar-refractivity contribution >= 4 is 22.7 Å². The summed E-state index contributed by atoms with van der Waals surface area (Å²) in [5, 5.41) is 0.835. The van der Waals surface area contributed by atoms with Gasteiger partial charge in [-0.2, -0.15) is 0 Å². The molecule has 42 heavy (non-hydrogen) atoms. The second kappa shape index (κ2) is 12.3. The van der Waals surface area contributed by atoms with Gasteiger partial charge < -0.3 is 14.5 Å². The molecule has 1 fully saturated rings. The first kappa shape index (κ1) is 27.9. The van der Waals surface area contributed by atoms with Crippen molar-refractivity contribution in [2.45, 2.75) is 44.9 Å². The molecule has 2 aromatic carbocycles. The number of para-hydroxylation sites is 2. The molecule has 4 heterocycles. The number of fused-ring (bicyclic) bond motifs is 2. The molecule has 7 nitrogen and oxygen atoms in total. The minimum Gasteiger partial charge on any atom is -0.491 e. The van der Waals surface area contributed by atoms with E-state index in [1.165, 1.54) is 5.56 Å². The molecule has 2 aromatic heterocycles. The lowest BCUT2D eigenvalue weighted by molar-refractivity contribution is -0.144. The third-order valence-electron chi connectivity index (χ3n) is 8.94. The molecule has 0 saturated carbocycles. The van der Waals surface area contributed by atoms with Gasteiger partial charge in [0.1, 0.15) is 12.4 Å². The summed E-state index contributed by atoms with van der Waals surface area (Å²) >= 11 is 0. The van der Waals surface area contributed by atoms with E-state index in [9.17, 15) is 9.59 Å². The SMILES string of the molecule is CN1CCOc2ccccc2CCCCCC2(CCN(C(=O)c3cc(-c4ccccn4)nc4ccccc34)CC2)C1=O. The third kappa shape index (κ3) is 5.73. The van der Waals surface area contributed by atoms with Gasteiger partial charge >= 0.3 is 0 Å². The summed E-state index contributed by atoms with van der Waals surface area (Å²) in [6.07, 6.45) is 8.03. The van der Waals surface area contributed by atoms with E-state index in [2.05, 4.69) is 17.1 Å². The highest BCUT2D eigenvalue weighted by atomic mass is 16.5. The van der Waals surface area contributed by atoms with E-state index in [1.54, 1.807) is 6.20 Å². The van der Waals surface area contributed by atoms with Crippen molar-refractivity contribution in [3.05, 3.63) is 90.1 Å². The highest BCUT2D eigenvalue weighted by molar-refractivity contribution is 6.07. The van der Waals surface area contributed by atoms with E-state index in [4.69, 9.17) is 9.72 Å². The van der Waals surface area contributed by atoms with Crippen LogP contribution in [0.25, 0.3) is 22.3 Å². The van der Waals surface area contributed by atoms with Gasteiger partial charge in [-0.05, 0) is 68.0 Å². The van der Waals surface area contributed by atoms with Crippen LogP contribution in [0.2, 0.25) is 0 Å². The Morgan fingerprint density at radius 3 is 2.48 bits per heavy atom. The minimum atomic E-state index is -0.453. The second-order valence-corrected chi connectivity index (χ2v) is 11.6. The summed E-state index contributed by atoms with van der Waals surface area (Å²) in [6, 6.07) is 23.6. The predicted molar refractivity (Wildman–Crippen MR) is 164 cm³/mol. The van der Waals surface area contributed by atoms with Gasteiger partial charge in [0, 0.05) is 31.7 Å². The van der Waals surface area contributed by atoms with Crippen molar-refractivity contribution < 1.29 is 14.3 Å². The van der Waals surface area contributed by atoms with Gasteiger partial charge in [0.15, 0.2) is 0 Å². The first-order chi connectivity index (χ1) is 20.5. The molecule has 4 aromatic rings. The number of aromatic nitrogens is 2. The standard InChI is InChI=1S/C35H38N4O3/c1-38-23-24-42-32-16-7-4-12-26(32)11-3-2-9-17-35(34(38)41)18-21-39(22-19-35)33(40)28-25-31(30-15-8-10-20-36-30)37-29-14-6-5-13-27(28)29/h4-8,10,12-16,20,25H,2-3,9,11,17-19,21-24H2,1H3. The molecule has 0 bridgehead atoms. The Balaban J connectivity index is 1.21. The maximum atomic E-state index is 14.0. The number of pyridine rings is 2. The zero-order valence-electron chi connectivity index (χ0n) is 24.3. The Hall–Kier alpha value is -4.26. The second-order valence-electron chi connectivity index (χ2n) is 11.6. The molecule has 2 aliphatic heterocycles. The molecular weight excluding hydrogens is 524 g/mol. The summed E-state index contributed by atoms with van der Waals surface area (Å²) < 4.78 is 6.11. The first-order valence-electron chi connectivity index (χ1n) is 15.1. The first-order valence-corrected chi connectivity index (χ1v) is 15.1. The fourth-order valence-corrected chi connectivity index (χ4v) is 6.48. The summed E-state index contributed by atoms with van der Waals surface area (Å²) in [6.45, 7) is 2.11. The van der Waals surface area contributed by atoms with Crippen molar-refractivity contribution in [3.63, 3.8) is 0 Å². The molecule has 0 atom stereocenters. The van der Waals surface area contributed by atoms with E-state index >= 15 is 0 Å². The van der Waals surface area contributed by atoms with Crippen LogP contribution in [0.15, 0.2) is 79.0 Å². The number of nitrogens with zero attached hydrogens (tertiary/aromatic N) is 4. The molecule has 0 unspecified atom stereocenters. The quantitative estimate of drug-likeness (QED) is 0.292. The third-order valence-corrected chi connectivity index (χ3v) is 8.94. The van der Waals surface area contributed by atoms with Crippen LogP contribution in [0.1, 0.15) is 54.4 Å². The molecule has 2 aliphatic rings. The number of ether oxygens (including phenoxy) is 1. The molecule has 216 valence electrons. The fraction of sp³-hybridized carbons (Fsp3) is 0.371. The van der Waals surface area contributed by atoms with Crippen LogP contribution in [0.3, 0.4) is 0 Å². The molecule has 7 heteroatoms. The number of aryl methyl sites for hydroxylation is 1. The fourth-order valence-electron chi connectivity index (χ4n) is 6.48. The highest BCUT2D eigenvalue weighted by Crippen LogP contribution is 2.40. The number of carbonyl (C=O) groups is 2. The lowest BCUT2D eigenvalue weighted by Gasteiger charge is -2.42. The number of hydrogen-bond donors (Lipinski definition) is 0. The van der Waals surface area contributed by atoms with Gasteiger partial charge in [-0.3, -0.25) is 14.6 Å². The molecule has 0 radical (unpaired) electrons. The Morgan fingerprint density at radius 1 is 0.857 bits per heavy atom. The zero-order chi connectivity index (χ0) is 28.9. The molecule has 2 amide bonds. The molecular formula is C35H38N4O3. The average molecular weight is 563 g/mol. The van der Waals surface area contributed by atoms with Crippen LogP contribution in [-0.2, 0) is 11.2 Å². The lowest BCUT2D eigenvalue weighted by atomic mass is 9.73. The van der Waals surface area contributed by atoms with Gasteiger partial charge in [-0.15, -0.1) is 0 Å². The normalized spacial score (nSPS) is 18.0. The van der Waals surface area contributed by atoms with Crippen LogP contribution in [0, 0.1) is 5.41 Å². The van der Waals surface area contributed by atoms with E-state index in [0.717, 1.165) is 54.5 Å². The van der Waals surface area contributed by atoms with Crippen molar-refractivity contribution in [1.29, 1.82) is 0 Å². The van der Waals surface area contributed by atoms with Crippen molar-refractivity contribution in [2.75, 3.05) is 33.3 Å². The van der Waals surface area contributed by atoms with E-state index in [-0.39, 0.29) is 11.8 Å². The summed E-state index contributed by atoms with van der Waals surface area (Å²) in [4.78, 5) is 41.0. The number of likely N-dealkylation sites (tertiary alicyclic amines) is 1. The summed E-state index contributed by atoms with van der Waals surface area (Å²) in [5.74, 6) is 1.09. The Kier molecular flexibility index (Phi) is 8.17. The highest BCUT2D eigenvalue weighted by Gasteiger charge is 2.43. The number of benzene rings is 2. The Bertz CT molecular complexity index is 1560. The maximum Gasteiger partial charge on any atom is 0.254 e. The minimum absolute atomic E-state index is 0.0164. The number of amides is 2. The number of hydrogen-bond acceptors (Lipinski definition) is 5. The molecule has 1 saturated heterocycles. The lowest BCUT2D eigenvalue weighted by Crippen LogP contribution is -2.51. The predicted octanol–water partition coefficient (Wildman–Crippen LogP) is 6.17. The van der Waals surface area contributed by atoms with Crippen LogP contribution >= 0.6 is 0 Å². The van der Waals surface area contributed by atoms with Crippen molar-refractivity contribution in [1.82, 2.24) is 19.8 Å². The van der Waals surface area contributed by atoms with Gasteiger partial charge in [-0.1, -0.05) is 55.3 Å². The van der Waals surface area contributed by atoms with Gasteiger partial charge in [0.2, 0.25) is 5.91 Å². The van der Waals surface area contributed by atoms with Gasteiger partial charge in [0.25, 0.3) is 5.91 Å². The average Bonchev–Trinajstić information content (AvgIpc) is 3.05. The smallest absolute Gasteiger partial charge is 0.254 e. The molecule has 6 rings (SSSR count).